The number of sulfonamides is 1. The van der Waals surface area contributed by atoms with E-state index in [4.69, 9.17) is 18.9 Å². The van der Waals surface area contributed by atoms with Crippen LogP contribution in [0.5, 0.6) is 5.75 Å². The number of nitrogens with one attached hydrogen (secondary N) is 1. The minimum Gasteiger partial charge on any atom is -0.489 e. The number of hydrogen-bond acceptors (Lipinski definition) is 7. The summed E-state index contributed by atoms with van der Waals surface area (Å²) in [7, 11) is -3.94. The van der Waals surface area contributed by atoms with E-state index in [0.717, 1.165) is 5.56 Å². The second kappa shape index (κ2) is 15.0. The van der Waals surface area contributed by atoms with Crippen LogP contribution in [0, 0.1) is 5.92 Å². The van der Waals surface area contributed by atoms with Crippen molar-refractivity contribution in [2.75, 3.05) is 52.7 Å². The first-order chi connectivity index (χ1) is 17.8. The van der Waals surface area contributed by atoms with Gasteiger partial charge in [0.1, 0.15) is 18.4 Å². The number of hydrogen-bond donors (Lipinski definition) is 1. The zero-order valence-electron chi connectivity index (χ0n) is 21.6. The van der Waals surface area contributed by atoms with Crippen LogP contribution in [0.1, 0.15) is 25.8 Å². The molecule has 1 aliphatic heterocycles. The first-order valence-electron chi connectivity index (χ1n) is 12.7. The predicted octanol–water partition coefficient (Wildman–Crippen LogP) is 2.85. The van der Waals surface area contributed by atoms with Crippen LogP contribution < -0.4 is 9.46 Å². The first kappa shape index (κ1) is 29.1. The highest BCUT2D eigenvalue weighted by molar-refractivity contribution is 7.89. The summed E-state index contributed by atoms with van der Waals surface area (Å²) in [5.41, 5.74) is 1.02. The molecule has 1 aliphatic rings. The maximum absolute atomic E-state index is 13.5. The van der Waals surface area contributed by atoms with Crippen molar-refractivity contribution >= 4 is 15.9 Å². The lowest BCUT2D eigenvalue weighted by Crippen LogP contribution is -2.50. The van der Waals surface area contributed by atoms with Gasteiger partial charge in [-0.25, -0.2) is 8.42 Å². The van der Waals surface area contributed by atoms with Crippen LogP contribution in [0.15, 0.2) is 59.5 Å². The molecule has 0 radical (unpaired) electrons. The Bertz CT molecular complexity index is 1030. The summed E-state index contributed by atoms with van der Waals surface area (Å²) in [6.45, 7) is 7.41. The van der Waals surface area contributed by atoms with Crippen molar-refractivity contribution in [2.45, 2.75) is 37.8 Å². The van der Waals surface area contributed by atoms with Crippen molar-refractivity contribution in [2.24, 2.45) is 5.92 Å². The van der Waals surface area contributed by atoms with E-state index in [9.17, 15) is 13.2 Å². The molecule has 1 N–H and O–H groups in total. The van der Waals surface area contributed by atoms with Gasteiger partial charge in [0, 0.05) is 13.1 Å². The number of carbonyl (C=O) groups excluding carboxylic acids is 1. The average molecular weight is 535 g/mol. The summed E-state index contributed by atoms with van der Waals surface area (Å²) in [6, 6.07) is 15.0. The third-order valence-electron chi connectivity index (χ3n) is 5.75. The molecular weight excluding hydrogens is 496 g/mol. The third kappa shape index (κ3) is 10.1. The van der Waals surface area contributed by atoms with Gasteiger partial charge in [0.15, 0.2) is 0 Å². The molecule has 1 fully saturated rings. The van der Waals surface area contributed by atoms with Crippen molar-refractivity contribution in [3.63, 3.8) is 0 Å². The van der Waals surface area contributed by atoms with Crippen LogP contribution in [-0.4, -0.2) is 78.0 Å². The summed E-state index contributed by atoms with van der Waals surface area (Å²) in [4.78, 5) is 15.2. The number of amides is 1. The summed E-state index contributed by atoms with van der Waals surface area (Å²) in [6.07, 6.45) is 0.363. The largest absolute Gasteiger partial charge is 0.489 e. The molecule has 3 rings (SSSR count). The molecular formula is C27H38N2O7S. The lowest BCUT2D eigenvalue weighted by Gasteiger charge is -2.29. The van der Waals surface area contributed by atoms with Crippen molar-refractivity contribution in [1.29, 1.82) is 0 Å². The van der Waals surface area contributed by atoms with E-state index in [1.54, 1.807) is 17.0 Å². The van der Waals surface area contributed by atoms with E-state index in [-0.39, 0.29) is 16.7 Å². The molecule has 0 saturated carbocycles. The number of carbonyl (C=O) groups is 1. The van der Waals surface area contributed by atoms with Gasteiger partial charge < -0.3 is 23.8 Å². The SMILES string of the molecule is CC(C)CC(NS(=O)(=O)c1ccc(OCc2ccccc2)cc1)C(=O)N1CCOCCOCCOCC1. The van der Waals surface area contributed by atoms with Gasteiger partial charge in [0.25, 0.3) is 0 Å². The highest BCUT2D eigenvalue weighted by Crippen LogP contribution is 2.19. The average Bonchev–Trinajstić information content (AvgIpc) is 2.87. The van der Waals surface area contributed by atoms with Gasteiger partial charge in [-0.15, -0.1) is 0 Å². The van der Waals surface area contributed by atoms with Gasteiger partial charge in [0.2, 0.25) is 15.9 Å². The molecule has 1 amide bonds. The van der Waals surface area contributed by atoms with Crippen molar-refractivity contribution < 1.29 is 32.2 Å². The standard InChI is InChI=1S/C27H38N2O7S/c1-22(2)20-26(27(30)29-12-14-33-16-18-35-19-17-34-15-13-29)28-37(31,32)25-10-8-24(9-11-25)36-21-23-6-4-3-5-7-23/h3-11,22,26,28H,12-21H2,1-2H3. The van der Waals surface area contributed by atoms with Crippen LogP contribution in [0.25, 0.3) is 0 Å². The molecule has 1 atom stereocenters. The van der Waals surface area contributed by atoms with Crippen LogP contribution in [0.2, 0.25) is 0 Å². The van der Waals surface area contributed by atoms with E-state index in [0.29, 0.717) is 71.5 Å². The molecule has 10 heteroatoms. The summed E-state index contributed by atoms with van der Waals surface area (Å²) >= 11 is 0. The highest BCUT2D eigenvalue weighted by Gasteiger charge is 2.30. The molecule has 1 heterocycles. The van der Waals surface area contributed by atoms with Gasteiger partial charge in [-0.05, 0) is 42.2 Å². The Morgan fingerprint density at radius 2 is 1.46 bits per heavy atom. The quantitative estimate of drug-likeness (QED) is 0.528. The first-order valence-corrected chi connectivity index (χ1v) is 14.1. The molecule has 2 aromatic rings. The van der Waals surface area contributed by atoms with E-state index in [1.807, 2.05) is 44.2 Å². The normalized spacial score (nSPS) is 17.0. The zero-order chi connectivity index (χ0) is 26.5. The maximum Gasteiger partial charge on any atom is 0.241 e. The third-order valence-corrected chi connectivity index (χ3v) is 7.24. The Labute approximate surface area is 220 Å². The summed E-state index contributed by atoms with van der Waals surface area (Å²) < 4.78 is 51.4. The van der Waals surface area contributed by atoms with Gasteiger partial charge in [-0.2, -0.15) is 4.72 Å². The van der Waals surface area contributed by atoms with Crippen molar-refractivity contribution in [3.8, 4) is 5.75 Å². The van der Waals surface area contributed by atoms with E-state index >= 15 is 0 Å². The van der Waals surface area contributed by atoms with E-state index < -0.39 is 16.1 Å². The highest BCUT2D eigenvalue weighted by atomic mass is 32.2. The lowest BCUT2D eigenvalue weighted by atomic mass is 10.0. The number of ether oxygens (including phenoxy) is 4. The Hall–Kier alpha value is -2.50. The van der Waals surface area contributed by atoms with Gasteiger partial charge in [-0.1, -0.05) is 44.2 Å². The molecule has 0 bridgehead atoms. The molecule has 0 aliphatic carbocycles. The minimum atomic E-state index is -3.94. The Morgan fingerprint density at radius 3 is 2.03 bits per heavy atom. The minimum absolute atomic E-state index is 0.0708. The molecule has 2 aromatic carbocycles. The van der Waals surface area contributed by atoms with E-state index in [1.165, 1.54) is 12.1 Å². The Morgan fingerprint density at radius 1 is 0.892 bits per heavy atom. The lowest BCUT2D eigenvalue weighted by molar-refractivity contribution is -0.135. The fraction of sp³-hybridized carbons (Fsp3) is 0.519. The molecule has 0 aromatic heterocycles. The van der Waals surface area contributed by atoms with Crippen LogP contribution in [-0.2, 0) is 35.6 Å². The van der Waals surface area contributed by atoms with Crippen LogP contribution in [0.3, 0.4) is 0 Å². The Balaban J connectivity index is 1.66. The number of rotatable bonds is 9. The van der Waals surface area contributed by atoms with Gasteiger partial charge in [0.05, 0.1) is 44.5 Å². The van der Waals surface area contributed by atoms with E-state index in [2.05, 4.69) is 4.72 Å². The molecule has 204 valence electrons. The Kier molecular flexibility index (Phi) is 11.8. The monoisotopic (exact) mass is 534 g/mol. The number of nitrogens with zero attached hydrogens (tertiary/aromatic N) is 1. The fourth-order valence-corrected chi connectivity index (χ4v) is 5.03. The zero-order valence-corrected chi connectivity index (χ0v) is 22.5. The maximum atomic E-state index is 13.5. The second-order valence-corrected chi connectivity index (χ2v) is 10.9. The topological polar surface area (TPSA) is 103 Å². The predicted molar refractivity (Wildman–Crippen MR) is 140 cm³/mol. The van der Waals surface area contributed by atoms with Gasteiger partial charge in [-0.3, -0.25) is 4.79 Å². The fourth-order valence-electron chi connectivity index (χ4n) is 3.83. The van der Waals surface area contributed by atoms with Gasteiger partial charge >= 0.3 is 0 Å². The smallest absolute Gasteiger partial charge is 0.241 e. The number of benzene rings is 2. The molecule has 9 nitrogen and oxygen atoms in total. The van der Waals surface area contributed by atoms with Crippen LogP contribution >= 0.6 is 0 Å². The molecule has 0 spiro atoms. The summed E-state index contributed by atoms with van der Waals surface area (Å²) in [5, 5.41) is 0. The molecule has 37 heavy (non-hydrogen) atoms. The van der Waals surface area contributed by atoms with Crippen LogP contribution in [0.4, 0.5) is 0 Å². The molecule has 1 saturated heterocycles. The summed E-state index contributed by atoms with van der Waals surface area (Å²) in [5.74, 6) is 0.366. The molecule has 1 unspecified atom stereocenters. The second-order valence-electron chi connectivity index (χ2n) is 9.21. The van der Waals surface area contributed by atoms with Crippen molar-refractivity contribution in [1.82, 2.24) is 9.62 Å². The van der Waals surface area contributed by atoms with Crippen molar-refractivity contribution in [3.05, 3.63) is 60.2 Å².